The van der Waals surface area contributed by atoms with Gasteiger partial charge in [0.1, 0.15) is 11.4 Å². The van der Waals surface area contributed by atoms with E-state index in [1.54, 1.807) is 6.08 Å². The molecular formula is C32H42N4O2. The molecule has 2 saturated carbocycles. The third-order valence-electron chi connectivity index (χ3n) is 8.84. The van der Waals surface area contributed by atoms with Gasteiger partial charge in [-0.15, -0.1) is 0 Å². The fourth-order valence-electron chi connectivity index (χ4n) is 7.55. The topological polar surface area (TPSA) is 91.0 Å². The van der Waals surface area contributed by atoms with Crippen LogP contribution < -0.4 is 11.1 Å². The maximum absolute atomic E-state index is 11.8. The minimum Gasteiger partial charge on any atom is -0.507 e. The highest BCUT2D eigenvalue weighted by Gasteiger charge is 2.46. The number of nitrogens with one attached hydrogen (secondary N) is 1. The number of nitrogens with two attached hydrogens (primary N) is 1. The Hall–Kier alpha value is -3.12. The molecule has 1 saturated heterocycles. The molecule has 0 spiro atoms. The summed E-state index contributed by atoms with van der Waals surface area (Å²) in [6.07, 6.45) is 8.62. The Morgan fingerprint density at radius 3 is 2.47 bits per heavy atom. The number of aldehydes is 1. The zero-order chi connectivity index (χ0) is 26.9. The van der Waals surface area contributed by atoms with Gasteiger partial charge in [0.2, 0.25) is 0 Å². The SMILES string of the molecule is Cc1cc(-c2cccc(/C=C(/C=O)N=C(N)N3CCNCC3)c2)cc(C23CC(C)CC(CC(C)C2)C3)c1O. The van der Waals surface area contributed by atoms with Crippen LogP contribution in [0.2, 0.25) is 0 Å². The van der Waals surface area contributed by atoms with Gasteiger partial charge in [-0.25, -0.2) is 4.99 Å². The summed E-state index contributed by atoms with van der Waals surface area (Å²) in [5.74, 6) is 2.94. The Labute approximate surface area is 227 Å². The van der Waals surface area contributed by atoms with Crippen LogP contribution >= 0.6 is 0 Å². The third-order valence-corrected chi connectivity index (χ3v) is 8.84. The van der Waals surface area contributed by atoms with Crippen molar-refractivity contribution in [1.29, 1.82) is 0 Å². The number of carbonyl (C=O) groups is 1. The van der Waals surface area contributed by atoms with Gasteiger partial charge in [-0.3, -0.25) is 4.79 Å². The predicted molar refractivity (Wildman–Crippen MR) is 155 cm³/mol. The second kappa shape index (κ2) is 10.9. The normalized spacial score (nSPS) is 28.3. The number of guanidine groups is 1. The quantitative estimate of drug-likeness (QED) is 0.220. The van der Waals surface area contributed by atoms with Crippen LogP contribution in [0.1, 0.15) is 62.6 Å². The van der Waals surface area contributed by atoms with Crippen LogP contribution in [-0.4, -0.2) is 48.4 Å². The van der Waals surface area contributed by atoms with Crippen LogP contribution in [0.3, 0.4) is 0 Å². The van der Waals surface area contributed by atoms with Crippen molar-refractivity contribution >= 4 is 18.3 Å². The largest absolute Gasteiger partial charge is 0.507 e. The number of rotatable bonds is 5. The number of aromatic hydroxyl groups is 1. The Morgan fingerprint density at radius 2 is 1.79 bits per heavy atom. The lowest BCUT2D eigenvalue weighted by molar-refractivity contribution is -0.104. The van der Waals surface area contributed by atoms with Crippen LogP contribution in [0.5, 0.6) is 5.75 Å². The average molecular weight is 515 g/mol. The molecule has 3 fully saturated rings. The molecule has 5 rings (SSSR count). The lowest BCUT2D eigenvalue weighted by atomic mass is 9.54. The van der Waals surface area contributed by atoms with Crippen molar-refractivity contribution in [2.45, 2.75) is 58.3 Å². The Kier molecular flexibility index (Phi) is 7.62. The smallest absolute Gasteiger partial charge is 0.196 e. The second-order valence-corrected chi connectivity index (χ2v) is 12.1. The van der Waals surface area contributed by atoms with Crippen LogP contribution in [0.15, 0.2) is 47.1 Å². The van der Waals surface area contributed by atoms with Crippen molar-refractivity contribution in [2.24, 2.45) is 28.5 Å². The van der Waals surface area contributed by atoms with Gasteiger partial charge in [0.25, 0.3) is 0 Å². The van der Waals surface area contributed by atoms with Gasteiger partial charge in [0.05, 0.1) is 0 Å². The molecule has 4 N–H and O–H groups in total. The number of carbonyl (C=O) groups excluding carboxylic acids is 1. The van der Waals surface area contributed by atoms with Crippen LogP contribution in [0.4, 0.5) is 0 Å². The average Bonchev–Trinajstić information content (AvgIpc) is 2.89. The van der Waals surface area contributed by atoms with E-state index in [1.165, 1.54) is 19.3 Å². The lowest BCUT2D eigenvalue weighted by Crippen LogP contribution is -2.49. The number of phenolic OH excluding ortho intramolecular Hbond substituents is 1. The van der Waals surface area contributed by atoms with Gasteiger partial charge in [-0.1, -0.05) is 32.0 Å². The molecule has 0 radical (unpaired) electrons. The zero-order valence-electron chi connectivity index (χ0n) is 23.0. The van der Waals surface area contributed by atoms with Crippen molar-refractivity contribution < 1.29 is 9.90 Å². The van der Waals surface area contributed by atoms with Crippen LogP contribution in [0, 0.1) is 24.7 Å². The summed E-state index contributed by atoms with van der Waals surface area (Å²) >= 11 is 0. The molecule has 6 nitrogen and oxygen atoms in total. The Balaban J connectivity index is 1.48. The molecule has 2 unspecified atom stereocenters. The molecule has 0 amide bonds. The highest BCUT2D eigenvalue weighted by Crippen LogP contribution is 2.56. The molecule has 2 bridgehead atoms. The monoisotopic (exact) mass is 514 g/mol. The van der Waals surface area contributed by atoms with E-state index in [0.717, 1.165) is 79.0 Å². The molecule has 1 heterocycles. The number of aliphatic imine (C=N–C) groups is 1. The number of aryl methyl sites for hydroxylation is 1. The summed E-state index contributed by atoms with van der Waals surface area (Å²) < 4.78 is 0. The maximum Gasteiger partial charge on any atom is 0.196 e. The van der Waals surface area contributed by atoms with Gasteiger partial charge >= 0.3 is 0 Å². The predicted octanol–water partition coefficient (Wildman–Crippen LogP) is 5.23. The van der Waals surface area contributed by atoms with Gasteiger partial charge in [0, 0.05) is 31.7 Å². The first kappa shape index (κ1) is 26.5. The van der Waals surface area contributed by atoms with E-state index in [-0.39, 0.29) is 5.41 Å². The number of allylic oxidation sites excluding steroid dienone is 1. The molecule has 6 heteroatoms. The Bertz CT molecular complexity index is 1220. The maximum atomic E-state index is 11.8. The van der Waals surface area contributed by atoms with Crippen molar-refractivity contribution in [3.8, 4) is 16.9 Å². The van der Waals surface area contributed by atoms with Crippen molar-refractivity contribution in [2.75, 3.05) is 26.2 Å². The number of phenols is 1. The van der Waals surface area contributed by atoms with E-state index in [9.17, 15) is 9.90 Å². The van der Waals surface area contributed by atoms with E-state index < -0.39 is 0 Å². The summed E-state index contributed by atoms with van der Waals surface area (Å²) in [5, 5.41) is 14.6. The summed E-state index contributed by atoms with van der Waals surface area (Å²) in [4.78, 5) is 18.3. The molecule has 38 heavy (non-hydrogen) atoms. The minimum atomic E-state index is 0.0449. The summed E-state index contributed by atoms with van der Waals surface area (Å²) in [6, 6.07) is 12.5. The first-order valence-corrected chi connectivity index (χ1v) is 14.2. The number of benzene rings is 2. The van der Waals surface area contributed by atoms with Crippen molar-refractivity contribution in [1.82, 2.24) is 10.2 Å². The van der Waals surface area contributed by atoms with E-state index in [1.807, 2.05) is 24.0 Å². The van der Waals surface area contributed by atoms with E-state index in [0.29, 0.717) is 29.2 Å². The first-order chi connectivity index (χ1) is 18.3. The van der Waals surface area contributed by atoms with E-state index in [2.05, 4.69) is 48.4 Å². The molecule has 2 aromatic rings. The number of piperazine rings is 1. The number of nitrogens with zero attached hydrogens (tertiary/aromatic N) is 2. The van der Waals surface area contributed by atoms with Gasteiger partial charge in [-0.05, 0) is 109 Å². The van der Waals surface area contributed by atoms with E-state index >= 15 is 0 Å². The molecule has 202 valence electrons. The van der Waals surface area contributed by atoms with Crippen molar-refractivity contribution in [3.05, 3.63) is 58.8 Å². The standard InChI is InChI=1S/C32H42N4O2/c1-21-11-25-12-22(2)18-32(17-21,19-25)29-16-27(13-23(3)30(29)38)26-6-4-5-24(14-26)15-28(20-37)35-31(33)36-9-7-34-8-10-36/h4-6,13-16,20-22,25,34,38H,7-12,17-19H2,1-3H3,(H2,33,35)/b28-15-. The number of fused-ring (bicyclic) bond motifs is 2. The van der Waals surface area contributed by atoms with Gasteiger partial charge < -0.3 is 21.1 Å². The fraction of sp³-hybridized carbons (Fsp3) is 0.500. The first-order valence-electron chi connectivity index (χ1n) is 14.2. The molecule has 2 aromatic carbocycles. The molecule has 2 aliphatic carbocycles. The highest BCUT2D eigenvalue weighted by atomic mass is 16.3. The molecule has 2 atom stereocenters. The highest BCUT2D eigenvalue weighted by molar-refractivity contribution is 5.89. The molecule has 0 aromatic heterocycles. The Morgan fingerprint density at radius 1 is 1.08 bits per heavy atom. The summed E-state index contributed by atoms with van der Waals surface area (Å²) in [6.45, 7) is 10.0. The van der Waals surface area contributed by atoms with Gasteiger partial charge in [0.15, 0.2) is 12.2 Å². The van der Waals surface area contributed by atoms with Crippen molar-refractivity contribution in [3.63, 3.8) is 0 Å². The molecule has 1 aliphatic heterocycles. The minimum absolute atomic E-state index is 0.0449. The zero-order valence-corrected chi connectivity index (χ0v) is 23.0. The summed E-state index contributed by atoms with van der Waals surface area (Å²) in [7, 11) is 0. The number of hydrogen-bond donors (Lipinski definition) is 3. The molecule has 3 aliphatic rings. The van der Waals surface area contributed by atoms with Crippen LogP contribution in [0.25, 0.3) is 17.2 Å². The number of hydrogen-bond acceptors (Lipinski definition) is 4. The van der Waals surface area contributed by atoms with Gasteiger partial charge in [-0.2, -0.15) is 0 Å². The fourth-order valence-corrected chi connectivity index (χ4v) is 7.55. The molecular weight excluding hydrogens is 472 g/mol. The van der Waals surface area contributed by atoms with Crippen LogP contribution in [-0.2, 0) is 10.2 Å². The second-order valence-electron chi connectivity index (χ2n) is 12.1. The summed E-state index contributed by atoms with van der Waals surface area (Å²) in [5.41, 5.74) is 11.7. The third kappa shape index (κ3) is 5.51. The van der Waals surface area contributed by atoms with E-state index in [4.69, 9.17) is 5.73 Å². The lowest BCUT2D eigenvalue weighted by Gasteiger charge is -2.50.